The molecule has 23 heteroatoms. The van der Waals surface area contributed by atoms with Gasteiger partial charge in [0.05, 0.1) is 0 Å². The van der Waals surface area contributed by atoms with Gasteiger partial charge in [0.15, 0.2) is 69.8 Å². The average Bonchev–Trinajstić information content (AvgIpc) is 3.25. The molecule has 0 amide bonds. The Labute approximate surface area is 338 Å². The summed E-state index contributed by atoms with van der Waals surface area (Å²) in [6.45, 7) is 2.16. The van der Waals surface area contributed by atoms with Crippen molar-refractivity contribution < 1.29 is 92.9 Å². The quantitative estimate of drug-likeness (QED) is 0.0404. The summed E-state index contributed by atoms with van der Waals surface area (Å²) in [7, 11) is 0. The van der Waals surface area contributed by atoms with E-state index in [0.717, 1.165) is 11.5 Å². The minimum absolute atomic E-state index is 0.337. The lowest BCUT2D eigenvalue weighted by molar-refractivity contribution is 0.378. The maximum atomic E-state index is 15.4. The summed E-state index contributed by atoms with van der Waals surface area (Å²) in [6.07, 6.45) is -7.22. The van der Waals surface area contributed by atoms with Crippen LogP contribution < -0.4 is 21.9 Å². The second-order valence-corrected chi connectivity index (χ2v) is 14.0. The van der Waals surface area contributed by atoms with E-state index >= 15 is 35.1 Å². The molecule has 6 aromatic carbocycles. The van der Waals surface area contributed by atoms with E-state index in [0.29, 0.717) is 5.75 Å². The largest absolute Gasteiger partial charge is 0.508 e. The van der Waals surface area contributed by atoms with Gasteiger partial charge < -0.3 is 5.11 Å². The number of benzene rings is 6. The molecular weight excluding hydrogens is 907 g/mol. The molecule has 6 rings (SSSR count). The normalized spacial score (nSPS) is 11.6. The predicted octanol–water partition coefficient (Wildman–Crippen LogP) is 9.06. The first-order valence-electron chi connectivity index (χ1n) is 16.6. The number of thiol groups is 1. The molecule has 62 heavy (non-hydrogen) atoms. The van der Waals surface area contributed by atoms with Crippen LogP contribution in [0.3, 0.4) is 0 Å². The van der Waals surface area contributed by atoms with Crippen LogP contribution in [0.1, 0.15) is 16.7 Å². The molecule has 0 spiro atoms. The zero-order valence-electron chi connectivity index (χ0n) is 30.1. The number of rotatable bonds is 8. The van der Waals surface area contributed by atoms with Gasteiger partial charge in [0.25, 0.3) is 0 Å². The van der Waals surface area contributed by atoms with Gasteiger partial charge in [-0.15, -0.1) is 21.9 Å². The molecule has 328 valence electrons. The molecule has 1 nitrogen and oxygen atoms in total. The Morgan fingerprint density at radius 1 is 0.355 bits per heavy atom. The second kappa shape index (κ2) is 17.9. The molecule has 1 N–H and O–H groups in total. The van der Waals surface area contributed by atoms with Crippen LogP contribution in [-0.2, 0) is 23.3 Å². The Hall–Kier alpha value is -5.87. The highest BCUT2D eigenvalue weighted by molar-refractivity contribution is 7.76. The average molecular weight is 924 g/mol. The minimum Gasteiger partial charge on any atom is -0.508 e. The fraction of sp³-hybridized carbons (Fsp3) is 0.0769. The van der Waals surface area contributed by atoms with Crippen molar-refractivity contribution in [2.24, 2.45) is 0 Å². The highest BCUT2D eigenvalue weighted by atomic mass is 32.2. The summed E-state index contributed by atoms with van der Waals surface area (Å²) >= 11 is 1.40. The van der Waals surface area contributed by atoms with Crippen molar-refractivity contribution >= 4 is 39.8 Å². The number of phenols is 1. The minimum atomic E-state index is -7.22. The number of halogens is 20. The van der Waals surface area contributed by atoms with Crippen molar-refractivity contribution in [1.29, 1.82) is 0 Å². The highest BCUT2D eigenvalue weighted by Gasteiger charge is 2.52. The molecule has 0 aliphatic heterocycles. The molecule has 0 aliphatic rings. The van der Waals surface area contributed by atoms with E-state index in [1.165, 1.54) is 28.5 Å². The fourth-order valence-corrected chi connectivity index (χ4v) is 7.75. The standard InChI is InChI=1S/C24BF20.C15H16OS/c26-5-1(6(27)14(35)21(42)13(5)34)25(2-7(28)15(36)22(43)16(37)8(2)29,3-9(30)17(38)23(44)18(39)10(3)31)4-11(32)19(40)24(45)20(41)12(4)33;1-12-4-2-3-5-14(12)11-17-10-13-6-8-15(16)9-7-13/h;2-9,16H,10-11H2,1H3/q-1;/p+1. The molecule has 0 saturated carbocycles. The number of phenolic OH excluding ortho intramolecular Hbond substituents is 1. The molecule has 0 unspecified atom stereocenters. The van der Waals surface area contributed by atoms with Crippen LogP contribution in [0.25, 0.3) is 0 Å². The Morgan fingerprint density at radius 2 is 0.613 bits per heavy atom. The lowest BCUT2D eigenvalue weighted by atomic mass is 9.12. The summed E-state index contributed by atoms with van der Waals surface area (Å²) in [5.41, 5.74) is -10.3. The first-order valence-corrected chi connectivity index (χ1v) is 17.9. The van der Waals surface area contributed by atoms with Crippen LogP contribution in [0.2, 0.25) is 0 Å². The van der Waals surface area contributed by atoms with E-state index in [2.05, 4.69) is 31.2 Å². The summed E-state index contributed by atoms with van der Waals surface area (Å²) in [5, 5.41) is 9.19. The van der Waals surface area contributed by atoms with Crippen LogP contribution in [0.4, 0.5) is 87.8 Å². The zero-order chi connectivity index (χ0) is 46.4. The molecule has 6 aromatic rings. The molecule has 0 aliphatic carbocycles. The third-order valence-electron chi connectivity index (χ3n) is 9.48. The van der Waals surface area contributed by atoms with Gasteiger partial charge in [-0.1, -0.05) is 36.4 Å². The van der Waals surface area contributed by atoms with E-state index in [-0.39, 0.29) is 0 Å². The Balaban J connectivity index is 0.000000355. The van der Waals surface area contributed by atoms with Gasteiger partial charge in [0.1, 0.15) is 69.9 Å². The summed E-state index contributed by atoms with van der Waals surface area (Å²) in [5.74, 6) is -68.9. The van der Waals surface area contributed by atoms with E-state index < -0.39 is 144 Å². The lowest BCUT2D eigenvalue weighted by Gasteiger charge is -2.44. The number of aryl methyl sites for hydroxylation is 1. The van der Waals surface area contributed by atoms with Gasteiger partial charge in [0.2, 0.25) is 0 Å². The summed E-state index contributed by atoms with van der Waals surface area (Å²) in [4.78, 5) is 0. The van der Waals surface area contributed by atoms with Crippen LogP contribution in [0.5, 0.6) is 5.75 Å². The van der Waals surface area contributed by atoms with E-state index in [1.807, 2.05) is 12.1 Å². The first-order chi connectivity index (χ1) is 29.0. The van der Waals surface area contributed by atoms with Gasteiger partial charge >= 0.3 is 0 Å². The summed E-state index contributed by atoms with van der Waals surface area (Å²) < 4.78 is 294. The van der Waals surface area contributed by atoms with E-state index in [9.17, 15) is 57.8 Å². The maximum Gasteiger partial charge on any atom is 0.200 e. The van der Waals surface area contributed by atoms with Crippen LogP contribution in [0, 0.1) is 123 Å². The van der Waals surface area contributed by atoms with Crippen molar-refractivity contribution in [2.75, 3.05) is 0 Å². The SMILES string of the molecule is Cc1ccccc1C[SH+]Cc1ccc(O)cc1.Fc1c(F)c(F)c([B-](c2c(F)c(F)c(F)c(F)c2F)(c2c(F)c(F)c(F)c(F)c2F)c2c(F)c(F)c(F)c(F)c2F)c(F)c1F. The number of hydrogen-bond acceptors (Lipinski definition) is 1. The molecular formula is C39H17BF20OS. The van der Waals surface area contributed by atoms with Crippen LogP contribution in [0.15, 0.2) is 48.5 Å². The molecule has 0 heterocycles. The fourth-order valence-electron chi connectivity index (χ4n) is 6.57. The van der Waals surface area contributed by atoms with Crippen molar-refractivity contribution in [3.8, 4) is 5.75 Å². The lowest BCUT2D eigenvalue weighted by Crippen LogP contribution is -2.81. The van der Waals surface area contributed by atoms with Gasteiger partial charge in [-0.3, -0.25) is 0 Å². The van der Waals surface area contributed by atoms with Crippen LogP contribution in [-0.4, -0.2) is 11.3 Å². The molecule has 0 atom stereocenters. The number of hydrogen-bond donors (Lipinski definition) is 1. The van der Waals surface area contributed by atoms with E-state index in [1.54, 1.807) is 12.1 Å². The van der Waals surface area contributed by atoms with Crippen molar-refractivity contribution in [2.45, 2.75) is 18.4 Å². The summed E-state index contributed by atoms with van der Waals surface area (Å²) in [6, 6.07) is 16.0. The highest BCUT2D eigenvalue weighted by Crippen LogP contribution is 2.31. The number of aromatic hydroxyl groups is 1. The van der Waals surface area contributed by atoms with Gasteiger partial charge in [-0.2, -0.15) is 0 Å². The molecule has 0 saturated heterocycles. The molecule has 0 radical (unpaired) electrons. The van der Waals surface area contributed by atoms with E-state index in [4.69, 9.17) is 0 Å². The molecule has 0 fully saturated rings. The Kier molecular flexibility index (Phi) is 13.6. The topological polar surface area (TPSA) is 20.2 Å². The van der Waals surface area contributed by atoms with Gasteiger partial charge in [-0.05, 0) is 36.4 Å². The predicted molar refractivity (Wildman–Crippen MR) is 185 cm³/mol. The molecule has 0 aromatic heterocycles. The van der Waals surface area contributed by atoms with Gasteiger partial charge in [0, 0.05) is 11.1 Å². The third kappa shape index (κ3) is 7.67. The third-order valence-corrected chi connectivity index (χ3v) is 10.6. The molecule has 0 bridgehead atoms. The van der Waals surface area contributed by atoms with Crippen molar-refractivity contribution in [1.82, 2.24) is 0 Å². The first kappa shape index (κ1) is 47.2. The van der Waals surface area contributed by atoms with Crippen LogP contribution >= 0.6 is 0 Å². The Bertz CT molecular complexity index is 2360. The second-order valence-electron chi connectivity index (χ2n) is 12.9. The smallest absolute Gasteiger partial charge is 0.200 e. The zero-order valence-corrected chi connectivity index (χ0v) is 31.0. The maximum absolute atomic E-state index is 15.4. The Morgan fingerprint density at radius 3 is 0.887 bits per heavy atom. The van der Waals surface area contributed by atoms with Crippen molar-refractivity contribution in [3.05, 3.63) is 182 Å². The van der Waals surface area contributed by atoms with Gasteiger partial charge in [-0.25, -0.2) is 87.8 Å². The monoisotopic (exact) mass is 924 g/mol. The van der Waals surface area contributed by atoms with Crippen molar-refractivity contribution in [3.63, 3.8) is 0 Å².